The number of rotatable bonds is 7. The largest absolute Gasteiger partial charge is 0.395 e. The number of aromatic nitrogens is 1. The van der Waals surface area contributed by atoms with E-state index in [2.05, 4.69) is 49.0 Å². The summed E-state index contributed by atoms with van der Waals surface area (Å²) < 4.78 is 2.27. The van der Waals surface area contributed by atoms with Crippen molar-refractivity contribution in [2.24, 2.45) is 5.92 Å². The van der Waals surface area contributed by atoms with E-state index in [1.807, 2.05) is 0 Å². The summed E-state index contributed by atoms with van der Waals surface area (Å²) in [6.45, 7) is 8.53. The van der Waals surface area contributed by atoms with Gasteiger partial charge in [-0.15, -0.1) is 0 Å². The summed E-state index contributed by atoms with van der Waals surface area (Å²) in [7, 11) is 0. The van der Waals surface area contributed by atoms with Crippen LogP contribution in [0.25, 0.3) is 0 Å². The second kappa shape index (κ2) is 6.71. The van der Waals surface area contributed by atoms with Crippen LogP contribution < -0.4 is 5.32 Å². The van der Waals surface area contributed by atoms with E-state index in [4.69, 9.17) is 0 Å². The van der Waals surface area contributed by atoms with Crippen LogP contribution in [0.5, 0.6) is 0 Å². The molecular weight excluding hydrogens is 200 g/mol. The van der Waals surface area contributed by atoms with Crippen LogP contribution in [0, 0.1) is 5.92 Å². The Morgan fingerprint density at radius 1 is 1.44 bits per heavy atom. The van der Waals surface area contributed by atoms with E-state index < -0.39 is 0 Å². The van der Waals surface area contributed by atoms with Gasteiger partial charge in [-0.25, -0.2) is 0 Å². The molecule has 0 amide bonds. The molecule has 1 aromatic rings. The minimum absolute atomic E-state index is 0.185. The van der Waals surface area contributed by atoms with Crippen LogP contribution in [0.4, 0.5) is 0 Å². The first-order valence-electron chi connectivity index (χ1n) is 6.17. The van der Waals surface area contributed by atoms with Crippen LogP contribution in [0.3, 0.4) is 0 Å². The van der Waals surface area contributed by atoms with Gasteiger partial charge in [0.1, 0.15) is 0 Å². The highest BCUT2D eigenvalue weighted by molar-refractivity contribution is 5.07. The summed E-state index contributed by atoms with van der Waals surface area (Å²) in [6, 6.07) is 4.40. The Hall–Kier alpha value is -0.800. The average molecular weight is 224 g/mol. The zero-order valence-corrected chi connectivity index (χ0v) is 10.6. The molecule has 0 aliphatic rings. The Labute approximate surface area is 98.5 Å². The van der Waals surface area contributed by atoms with Crippen LogP contribution in [0.1, 0.15) is 32.9 Å². The normalized spacial score (nSPS) is 13.3. The molecule has 0 aliphatic carbocycles. The first kappa shape index (κ1) is 13.3. The molecule has 0 bridgehead atoms. The highest BCUT2D eigenvalue weighted by Crippen LogP contribution is 2.06. The molecule has 3 nitrogen and oxygen atoms in total. The number of hydrogen-bond acceptors (Lipinski definition) is 2. The summed E-state index contributed by atoms with van der Waals surface area (Å²) in [4.78, 5) is 0. The van der Waals surface area contributed by atoms with Crippen LogP contribution in [-0.4, -0.2) is 22.3 Å². The molecule has 0 fully saturated rings. The smallest absolute Gasteiger partial charge is 0.0587 e. The first-order valence-corrected chi connectivity index (χ1v) is 6.17. The number of nitrogens with zero attached hydrogens (tertiary/aromatic N) is 1. The lowest BCUT2D eigenvalue weighted by molar-refractivity contribution is 0.209. The second-order valence-electron chi connectivity index (χ2n) is 4.61. The molecule has 16 heavy (non-hydrogen) atoms. The summed E-state index contributed by atoms with van der Waals surface area (Å²) in [5.74, 6) is 0.458. The van der Waals surface area contributed by atoms with Crippen LogP contribution in [-0.2, 0) is 13.1 Å². The molecule has 0 unspecified atom stereocenters. The zero-order valence-electron chi connectivity index (χ0n) is 10.6. The summed E-state index contributed by atoms with van der Waals surface area (Å²) in [6.07, 6.45) is 3.26. The van der Waals surface area contributed by atoms with Crippen molar-refractivity contribution in [1.29, 1.82) is 0 Å². The van der Waals surface area contributed by atoms with E-state index in [1.54, 1.807) is 0 Å². The van der Waals surface area contributed by atoms with Crippen molar-refractivity contribution in [2.45, 2.75) is 46.3 Å². The molecule has 1 atom stereocenters. The molecule has 0 saturated carbocycles. The van der Waals surface area contributed by atoms with Gasteiger partial charge in [0.05, 0.1) is 6.61 Å². The van der Waals surface area contributed by atoms with E-state index in [-0.39, 0.29) is 12.6 Å². The van der Waals surface area contributed by atoms with Crippen molar-refractivity contribution < 1.29 is 5.11 Å². The van der Waals surface area contributed by atoms with Gasteiger partial charge in [0.2, 0.25) is 0 Å². The maximum absolute atomic E-state index is 9.23. The fourth-order valence-electron chi connectivity index (χ4n) is 1.82. The molecule has 0 spiro atoms. The monoisotopic (exact) mass is 224 g/mol. The maximum Gasteiger partial charge on any atom is 0.0587 e. The average Bonchev–Trinajstić information content (AvgIpc) is 2.67. The minimum Gasteiger partial charge on any atom is -0.395 e. The van der Waals surface area contributed by atoms with Gasteiger partial charge in [0, 0.05) is 31.0 Å². The van der Waals surface area contributed by atoms with Gasteiger partial charge in [-0.2, -0.15) is 0 Å². The highest BCUT2D eigenvalue weighted by atomic mass is 16.3. The molecule has 0 saturated heterocycles. The van der Waals surface area contributed by atoms with E-state index >= 15 is 0 Å². The Morgan fingerprint density at radius 3 is 2.75 bits per heavy atom. The van der Waals surface area contributed by atoms with Crippen LogP contribution in [0.15, 0.2) is 18.3 Å². The number of aliphatic hydroxyl groups is 1. The second-order valence-corrected chi connectivity index (χ2v) is 4.61. The zero-order chi connectivity index (χ0) is 12.0. The van der Waals surface area contributed by atoms with Gasteiger partial charge in [0.15, 0.2) is 0 Å². The number of hydrogen-bond donors (Lipinski definition) is 2. The fourth-order valence-corrected chi connectivity index (χ4v) is 1.82. The van der Waals surface area contributed by atoms with Crippen molar-refractivity contribution in [3.8, 4) is 0 Å². The van der Waals surface area contributed by atoms with Gasteiger partial charge in [-0.3, -0.25) is 0 Å². The summed E-state index contributed by atoms with van der Waals surface area (Å²) in [5.41, 5.74) is 1.29. The van der Waals surface area contributed by atoms with E-state index in [0.29, 0.717) is 5.92 Å². The van der Waals surface area contributed by atoms with Crippen molar-refractivity contribution in [2.75, 3.05) is 6.61 Å². The maximum atomic E-state index is 9.23. The Morgan fingerprint density at radius 2 is 2.19 bits per heavy atom. The van der Waals surface area contributed by atoms with Crippen molar-refractivity contribution in [3.05, 3.63) is 24.0 Å². The number of aryl methyl sites for hydroxylation is 1. The molecule has 0 radical (unpaired) electrons. The third kappa shape index (κ3) is 3.65. The molecular formula is C13H24N2O. The predicted molar refractivity (Wildman–Crippen MR) is 67.3 cm³/mol. The lowest BCUT2D eigenvalue weighted by Gasteiger charge is -2.20. The predicted octanol–water partition coefficient (Wildman–Crippen LogP) is 2.00. The number of aliphatic hydroxyl groups excluding tert-OH is 1. The summed E-state index contributed by atoms with van der Waals surface area (Å²) in [5, 5.41) is 12.6. The van der Waals surface area contributed by atoms with Crippen molar-refractivity contribution in [1.82, 2.24) is 9.88 Å². The van der Waals surface area contributed by atoms with Gasteiger partial charge < -0.3 is 15.0 Å². The molecule has 1 heterocycles. The molecule has 1 rings (SSSR count). The van der Waals surface area contributed by atoms with E-state index in [0.717, 1.165) is 19.5 Å². The SMILES string of the molecule is CCCn1cccc1CN[C@H](CO)C(C)C. The Kier molecular flexibility index (Phi) is 5.56. The fraction of sp³-hybridized carbons (Fsp3) is 0.692. The summed E-state index contributed by atoms with van der Waals surface area (Å²) >= 11 is 0. The van der Waals surface area contributed by atoms with Crippen LogP contribution in [0.2, 0.25) is 0 Å². The highest BCUT2D eigenvalue weighted by Gasteiger charge is 2.11. The first-order chi connectivity index (χ1) is 7.69. The third-order valence-electron chi connectivity index (χ3n) is 2.93. The van der Waals surface area contributed by atoms with E-state index in [1.165, 1.54) is 5.69 Å². The molecule has 92 valence electrons. The van der Waals surface area contributed by atoms with E-state index in [9.17, 15) is 5.11 Å². The number of nitrogens with one attached hydrogen (secondary N) is 1. The Bertz CT molecular complexity index is 294. The topological polar surface area (TPSA) is 37.2 Å². The Balaban J connectivity index is 2.49. The lowest BCUT2D eigenvalue weighted by Crippen LogP contribution is -2.36. The van der Waals surface area contributed by atoms with Gasteiger partial charge in [0.25, 0.3) is 0 Å². The molecule has 0 aromatic carbocycles. The quantitative estimate of drug-likeness (QED) is 0.743. The van der Waals surface area contributed by atoms with Crippen molar-refractivity contribution in [3.63, 3.8) is 0 Å². The molecule has 3 heteroatoms. The van der Waals surface area contributed by atoms with Crippen molar-refractivity contribution >= 4 is 0 Å². The standard InChI is InChI=1S/C13H24N2O/c1-4-7-15-8-5-6-12(15)9-14-13(10-16)11(2)3/h5-6,8,11,13-14,16H,4,7,9-10H2,1-3H3/t13-/m1/s1. The molecule has 2 N–H and O–H groups in total. The van der Waals surface area contributed by atoms with Gasteiger partial charge in [-0.1, -0.05) is 20.8 Å². The van der Waals surface area contributed by atoms with Gasteiger partial charge in [-0.05, 0) is 24.5 Å². The van der Waals surface area contributed by atoms with Gasteiger partial charge >= 0.3 is 0 Å². The molecule has 0 aliphatic heterocycles. The molecule has 1 aromatic heterocycles. The third-order valence-corrected chi connectivity index (χ3v) is 2.93. The minimum atomic E-state index is 0.185. The van der Waals surface area contributed by atoms with Crippen LogP contribution >= 0.6 is 0 Å². The lowest BCUT2D eigenvalue weighted by atomic mass is 10.1.